The van der Waals surface area contributed by atoms with Gasteiger partial charge >= 0.3 is 0 Å². The second-order valence-corrected chi connectivity index (χ2v) is 5.82. The van der Waals surface area contributed by atoms with Gasteiger partial charge in [0.1, 0.15) is 11.5 Å². The molecule has 0 aromatic heterocycles. The van der Waals surface area contributed by atoms with Crippen LogP contribution in [0.2, 0.25) is 0 Å². The maximum atomic E-state index is 10.4. The van der Waals surface area contributed by atoms with Crippen LogP contribution in [0.25, 0.3) is 33.0 Å². The summed E-state index contributed by atoms with van der Waals surface area (Å²) in [4.78, 5) is 0. The molecule has 0 saturated carbocycles. The fourth-order valence-electron chi connectivity index (χ4n) is 3.03. The van der Waals surface area contributed by atoms with Crippen LogP contribution in [0.4, 0.5) is 0 Å². The standard InChI is InChI=1S/C22H16O2/c23-21-13-17(15-7-3-1-4-8-15)11-18-12-19(22(24)14-20(18)21)16-9-5-2-6-10-16/h1-14,23-24H. The van der Waals surface area contributed by atoms with E-state index in [0.717, 1.165) is 27.6 Å². The Labute approximate surface area is 140 Å². The zero-order valence-corrected chi connectivity index (χ0v) is 13.0. The molecule has 2 N–H and O–H groups in total. The minimum absolute atomic E-state index is 0.163. The zero-order valence-electron chi connectivity index (χ0n) is 13.0. The number of phenolic OH excluding ortho intramolecular Hbond substituents is 2. The lowest BCUT2D eigenvalue weighted by atomic mass is 9.96. The van der Waals surface area contributed by atoms with Crippen molar-refractivity contribution in [3.05, 3.63) is 84.9 Å². The van der Waals surface area contributed by atoms with Crippen LogP contribution in [-0.4, -0.2) is 10.2 Å². The number of hydrogen-bond acceptors (Lipinski definition) is 2. The highest BCUT2D eigenvalue weighted by molar-refractivity contribution is 5.97. The molecule has 2 heteroatoms. The van der Waals surface area contributed by atoms with Gasteiger partial charge in [-0.2, -0.15) is 0 Å². The number of phenols is 2. The maximum Gasteiger partial charge on any atom is 0.124 e. The van der Waals surface area contributed by atoms with E-state index >= 15 is 0 Å². The molecule has 0 aliphatic rings. The average Bonchev–Trinajstić information content (AvgIpc) is 2.63. The minimum atomic E-state index is 0.163. The van der Waals surface area contributed by atoms with E-state index in [1.165, 1.54) is 0 Å². The zero-order chi connectivity index (χ0) is 16.5. The summed E-state index contributed by atoms with van der Waals surface area (Å²) in [5.41, 5.74) is 3.70. The van der Waals surface area contributed by atoms with E-state index in [0.29, 0.717) is 5.39 Å². The molecule has 0 atom stereocenters. The summed E-state index contributed by atoms with van der Waals surface area (Å²) in [6.07, 6.45) is 0. The van der Waals surface area contributed by atoms with Crippen molar-refractivity contribution in [2.75, 3.05) is 0 Å². The van der Waals surface area contributed by atoms with Crippen molar-refractivity contribution in [2.24, 2.45) is 0 Å². The van der Waals surface area contributed by atoms with Gasteiger partial charge in [-0.1, -0.05) is 60.7 Å². The highest BCUT2D eigenvalue weighted by atomic mass is 16.3. The van der Waals surface area contributed by atoms with Crippen LogP contribution >= 0.6 is 0 Å². The molecule has 0 spiro atoms. The monoisotopic (exact) mass is 312 g/mol. The van der Waals surface area contributed by atoms with Crippen LogP contribution in [0.1, 0.15) is 0 Å². The first kappa shape index (κ1) is 14.3. The van der Waals surface area contributed by atoms with Crippen LogP contribution in [0.3, 0.4) is 0 Å². The fourth-order valence-corrected chi connectivity index (χ4v) is 3.03. The van der Waals surface area contributed by atoms with Gasteiger partial charge in [-0.15, -0.1) is 0 Å². The van der Waals surface area contributed by atoms with Gasteiger partial charge < -0.3 is 10.2 Å². The van der Waals surface area contributed by atoms with Gasteiger partial charge in [-0.05, 0) is 46.3 Å². The Hall–Kier alpha value is -3.26. The van der Waals surface area contributed by atoms with Crippen molar-refractivity contribution in [1.29, 1.82) is 0 Å². The van der Waals surface area contributed by atoms with E-state index in [9.17, 15) is 10.2 Å². The summed E-state index contributed by atoms with van der Waals surface area (Å²) >= 11 is 0. The summed E-state index contributed by atoms with van der Waals surface area (Å²) in [6.45, 7) is 0. The molecule has 0 bridgehead atoms. The van der Waals surface area contributed by atoms with Gasteiger partial charge in [0.15, 0.2) is 0 Å². The van der Waals surface area contributed by atoms with Crippen LogP contribution < -0.4 is 0 Å². The minimum Gasteiger partial charge on any atom is -0.507 e. The summed E-state index contributed by atoms with van der Waals surface area (Å²) < 4.78 is 0. The highest BCUT2D eigenvalue weighted by Gasteiger charge is 2.11. The van der Waals surface area contributed by atoms with Crippen LogP contribution in [0.5, 0.6) is 11.5 Å². The summed E-state index contributed by atoms with van der Waals surface area (Å²) in [6, 6.07) is 27.0. The Morgan fingerprint density at radius 1 is 0.500 bits per heavy atom. The summed E-state index contributed by atoms with van der Waals surface area (Å²) in [5, 5.41) is 22.3. The smallest absolute Gasteiger partial charge is 0.124 e. The van der Waals surface area contributed by atoms with Gasteiger partial charge in [0.25, 0.3) is 0 Å². The van der Waals surface area contributed by atoms with Crippen molar-refractivity contribution < 1.29 is 10.2 Å². The third-order valence-electron chi connectivity index (χ3n) is 4.24. The third-order valence-corrected chi connectivity index (χ3v) is 4.24. The van der Waals surface area contributed by atoms with Crippen LogP contribution in [-0.2, 0) is 0 Å². The quantitative estimate of drug-likeness (QED) is 0.507. The third kappa shape index (κ3) is 2.48. The summed E-state index contributed by atoms with van der Waals surface area (Å²) in [5.74, 6) is 0.331. The molecule has 4 rings (SSSR count). The van der Waals surface area contributed by atoms with Gasteiger partial charge in [0.05, 0.1) is 0 Å². The van der Waals surface area contributed by atoms with Gasteiger partial charge in [0, 0.05) is 10.9 Å². The molecule has 0 aliphatic carbocycles. The van der Waals surface area contributed by atoms with E-state index in [1.807, 2.05) is 72.8 Å². The summed E-state index contributed by atoms with van der Waals surface area (Å²) in [7, 11) is 0. The van der Waals surface area contributed by atoms with E-state index in [4.69, 9.17) is 0 Å². The molecule has 4 aromatic carbocycles. The molecule has 0 radical (unpaired) electrons. The van der Waals surface area contributed by atoms with Crippen molar-refractivity contribution in [3.63, 3.8) is 0 Å². The normalized spacial score (nSPS) is 10.8. The van der Waals surface area contributed by atoms with Crippen molar-refractivity contribution >= 4 is 10.8 Å². The van der Waals surface area contributed by atoms with Crippen molar-refractivity contribution in [3.8, 4) is 33.8 Å². The van der Waals surface area contributed by atoms with E-state index in [-0.39, 0.29) is 11.5 Å². The number of benzene rings is 4. The molecule has 4 aromatic rings. The lowest BCUT2D eigenvalue weighted by Crippen LogP contribution is -1.84. The van der Waals surface area contributed by atoms with Gasteiger partial charge in [0.2, 0.25) is 0 Å². The van der Waals surface area contributed by atoms with Crippen molar-refractivity contribution in [1.82, 2.24) is 0 Å². The maximum absolute atomic E-state index is 10.4. The Morgan fingerprint density at radius 3 is 1.79 bits per heavy atom. The Morgan fingerprint density at radius 2 is 1.12 bits per heavy atom. The largest absolute Gasteiger partial charge is 0.507 e. The molecular formula is C22H16O2. The molecule has 0 heterocycles. The molecule has 0 saturated heterocycles. The molecule has 2 nitrogen and oxygen atoms in total. The Balaban J connectivity index is 1.95. The number of hydrogen-bond donors (Lipinski definition) is 2. The molecule has 24 heavy (non-hydrogen) atoms. The van der Waals surface area contributed by atoms with Crippen LogP contribution in [0.15, 0.2) is 84.9 Å². The number of rotatable bonds is 2. The lowest BCUT2D eigenvalue weighted by Gasteiger charge is -2.11. The predicted octanol–water partition coefficient (Wildman–Crippen LogP) is 5.59. The number of aromatic hydroxyl groups is 2. The van der Waals surface area contributed by atoms with E-state index in [1.54, 1.807) is 12.1 Å². The molecule has 0 aliphatic heterocycles. The molecule has 0 unspecified atom stereocenters. The fraction of sp³-hybridized carbons (Fsp3) is 0. The van der Waals surface area contributed by atoms with E-state index < -0.39 is 0 Å². The molecular weight excluding hydrogens is 296 g/mol. The van der Waals surface area contributed by atoms with Gasteiger partial charge in [-0.25, -0.2) is 0 Å². The SMILES string of the molecule is Oc1cc2c(O)cc(-c3ccccc3)cc2cc1-c1ccccc1. The second-order valence-electron chi connectivity index (χ2n) is 5.82. The topological polar surface area (TPSA) is 40.5 Å². The van der Waals surface area contributed by atoms with Gasteiger partial charge in [-0.3, -0.25) is 0 Å². The number of fused-ring (bicyclic) bond motifs is 1. The van der Waals surface area contributed by atoms with E-state index in [2.05, 4.69) is 0 Å². The first-order valence-electron chi connectivity index (χ1n) is 7.83. The molecule has 0 fully saturated rings. The molecule has 0 amide bonds. The predicted molar refractivity (Wildman–Crippen MR) is 98.1 cm³/mol. The molecule has 116 valence electrons. The van der Waals surface area contributed by atoms with Crippen molar-refractivity contribution in [2.45, 2.75) is 0 Å². The highest BCUT2D eigenvalue weighted by Crippen LogP contribution is 2.38. The Bertz CT molecular complexity index is 1010. The van der Waals surface area contributed by atoms with Crippen LogP contribution in [0, 0.1) is 0 Å². The lowest BCUT2D eigenvalue weighted by molar-refractivity contribution is 0.473. The first-order valence-corrected chi connectivity index (χ1v) is 7.83. The first-order chi connectivity index (χ1) is 11.7. The Kier molecular flexibility index (Phi) is 3.43. The second kappa shape index (κ2) is 5.74. The average molecular weight is 312 g/mol.